The molecule has 0 heterocycles. The van der Waals surface area contributed by atoms with E-state index in [0.717, 1.165) is 23.1 Å². The van der Waals surface area contributed by atoms with Crippen LogP contribution >= 0.6 is 46.6 Å². The van der Waals surface area contributed by atoms with E-state index in [0.29, 0.717) is 33.8 Å². The zero-order chi connectivity index (χ0) is 26.8. The maximum atomic E-state index is 13.7. The van der Waals surface area contributed by atoms with Gasteiger partial charge in [0.1, 0.15) is 6.04 Å². The van der Waals surface area contributed by atoms with Gasteiger partial charge >= 0.3 is 0 Å². The van der Waals surface area contributed by atoms with E-state index in [1.807, 2.05) is 68.4 Å². The third-order valence-corrected chi connectivity index (χ3v) is 8.00. The van der Waals surface area contributed by atoms with Crippen molar-refractivity contribution in [1.29, 1.82) is 0 Å². The molecular weight excluding hydrogens is 547 g/mol. The Morgan fingerprint density at radius 2 is 1.57 bits per heavy atom. The first-order valence-corrected chi connectivity index (χ1v) is 14.5. The number of hydrogen-bond donors (Lipinski definition) is 1. The van der Waals surface area contributed by atoms with Crippen molar-refractivity contribution in [2.45, 2.75) is 51.1 Å². The standard InChI is InChI=1S/C29H31Cl3N2O2S/c1-3-20(2)33-29(36)27(16-21-7-5-4-6-8-21)34(17-22-9-12-24(30)13-10-22)28(35)19-37-18-23-11-14-25(31)26(32)15-23/h4-15,20,27H,3,16-19H2,1-2H3,(H,33,36)/t20-,27+/m0/s1. The number of carbonyl (C=O) groups is 2. The Hall–Kier alpha value is -2.18. The summed E-state index contributed by atoms with van der Waals surface area (Å²) in [6.07, 6.45) is 1.22. The van der Waals surface area contributed by atoms with Crippen LogP contribution in [-0.4, -0.2) is 34.6 Å². The highest BCUT2D eigenvalue weighted by Crippen LogP contribution is 2.25. The molecular formula is C29H31Cl3N2O2S. The molecule has 196 valence electrons. The molecule has 2 amide bonds. The van der Waals surface area contributed by atoms with Gasteiger partial charge in [-0.2, -0.15) is 0 Å². The Labute approximate surface area is 238 Å². The van der Waals surface area contributed by atoms with Gasteiger partial charge in [-0.1, -0.05) is 90.3 Å². The zero-order valence-corrected chi connectivity index (χ0v) is 24.0. The molecule has 0 bridgehead atoms. The van der Waals surface area contributed by atoms with Crippen LogP contribution in [0, 0.1) is 0 Å². The van der Waals surface area contributed by atoms with Crippen LogP contribution in [-0.2, 0) is 28.3 Å². The lowest BCUT2D eigenvalue weighted by Crippen LogP contribution is -2.52. The van der Waals surface area contributed by atoms with E-state index in [1.165, 1.54) is 11.8 Å². The molecule has 4 nitrogen and oxygen atoms in total. The summed E-state index contributed by atoms with van der Waals surface area (Å²) in [5.41, 5.74) is 2.87. The highest BCUT2D eigenvalue weighted by molar-refractivity contribution is 7.99. The Morgan fingerprint density at radius 3 is 2.22 bits per heavy atom. The Bertz CT molecular complexity index is 1180. The van der Waals surface area contributed by atoms with Crippen molar-refractivity contribution in [2.75, 3.05) is 5.75 Å². The highest BCUT2D eigenvalue weighted by Gasteiger charge is 2.30. The summed E-state index contributed by atoms with van der Waals surface area (Å²) in [6.45, 7) is 4.29. The molecule has 0 fully saturated rings. The molecule has 0 radical (unpaired) electrons. The topological polar surface area (TPSA) is 49.4 Å². The lowest BCUT2D eigenvalue weighted by molar-refractivity contribution is -0.139. The Morgan fingerprint density at radius 1 is 0.892 bits per heavy atom. The summed E-state index contributed by atoms with van der Waals surface area (Å²) in [5.74, 6) is 0.547. The first kappa shape index (κ1) is 29.4. The normalized spacial score (nSPS) is 12.6. The quantitative estimate of drug-likeness (QED) is 0.243. The minimum Gasteiger partial charge on any atom is -0.352 e. The van der Waals surface area contributed by atoms with Gasteiger partial charge in [-0.15, -0.1) is 11.8 Å². The lowest BCUT2D eigenvalue weighted by Gasteiger charge is -2.32. The molecule has 2 atom stereocenters. The number of thioether (sulfide) groups is 1. The molecule has 0 spiro atoms. The van der Waals surface area contributed by atoms with E-state index in [4.69, 9.17) is 34.8 Å². The molecule has 0 aromatic heterocycles. The smallest absolute Gasteiger partial charge is 0.243 e. The maximum Gasteiger partial charge on any atom is 0.243 e. The number of hydrogen-bond acceptors (Lipinski definition) is 3. The predicted molar refractivity (Wildman–Crippen MR) is 156 cm³/mol. The first-order chi connectivity index (χ1) is 17.8. The van der Waals surface area contributed by atoms with Gasteiger partial charge in [-0.3, -0.25) is 9.59 Å². The zero-order valence-electron chi connectivity index (χ0n) is 20.9. The Kier molecular flexibility index (Phi) is 11.7. The van der Waals surface area contributed by atoms with Crippen molar-refractivity contribution in [3.8, 4) is 0 Å². The van der Waals surface area contributed by atoms with Gasteiger partial charge in [0, 0.05) is 29.8 Å². The van der Waals surface area contributed by atoms with Gasteiger partial charge in [-0.25, -0.2) is 0 Å². The van der Waals surface area contributed by atoms with Crippen LogP contribution in [0.15, 0.2) is 72.8 Å². The molecule has 0 saturated carbocycles. The summed E-state index contributed by atoms with van der Waals surface area (Å²) in [5, 5.41) is 4.69. The van der Waals surface area contributed by atoms with Gasteiger partial charge in [0.2, 0.25) is 11.8 Å². The number of halogens is 3. The average Bonchev–Trinajstić information content (AvgIpc) is 2.89. The molecule has 8 heteroatoms. The van der Waals surface area contributed by atoms with Gasteiger partial charge in [0.25, 0.3) is 0 Å². The van der Waals surface area contributed by atoms with Crippen LogP contribution in [0.5, 0.6) is 0 Å². The van der Waals surface area contributed by atoms with Crippen LogP contribution < -0.4 is 5.32 Å². The van der Waals surface area contributed by atoms with Crippen molar-refractivity contribution in [2.24, 2.45) is 0 Å². The van der Waals surface area contributed by atoms with Gasteiger partial charge in [0.05, 0.1) is 15.8 Å². The minimum atomic E-state index is -0.662. The fourth-order valence-corrected chi connectivity index (χ4v) is 5.05. The van der Waals surface area contributed by atoms with Crippen LogP contribution in [0.3, 0.4) is 0 Å². The highest BCUT2D eigenvalue weighted by atomic mass is 35.5. The van der Waals surface area contributed by atoms with Crippen molar-refractivity contribution in [3.05, 3.63) is 105 Å². The molecule has 3 aromatic carbocycles. The summed E-state index contributed by atoms with van der Waals surface area (Å²) < 4.78 is 0. The molecule has 0 saturated heterocycles. The molecule has 0 unspecified atom stereocenters. The van der Waals surface area contributed by atoms with Gasteiger partial charge in [0.15, 0.2) is 0 Å². The summed E-state index contributed by atoms with van der Waals surface area (Å²) in [7, 11) is 0. The minimum absolute atomic E-state index is 0.00212. The lowest BCUT2D eigenvalue weighted by atomic mass is 10.0. The van der Waals surface area contributed by atoms with Crippen molar-refractivity contribution >= 4 is 58.4 Å². The van der Waals surface area contributed by atoms with E-state index >= 15 is 0 Å². The van der Waals surface area contributed by atoms with Crippen molar-refractivity contribution < 1.29 is 9.59 Å². The Balaban J connectivity index is 1.84. The molecule has 0 aliphatic carbocycles. The summed E-state index contributed by atoms with van der Waals surface area (Å²) >= 11 is 19.7. The van der Waals surface area contributed by atoms with Gasteiger partial charge in [-0.05, 0) is 54.3 Å². The number of carbonyl (C=O) groups excluding carboxylic acids is 2. The first-order valence-electron chi connectivity index (χ1n) is 12.2. The number of nitrogens with zero attached hydrogens (tertiary/aromatic N) is 1. The third-order valence-electron chi connectivity index (χ3n) is 6.02. The largest absolute Gasteiger partial charge is 0.352 e. The van der Waals surface area contributed by atoms with Crippen molar-refractivity contribution in [1.82, 2.24) is 10.2 Å². The fourth-order valence-electron chi connectivity index (χ4n) is 3.75. The maximum absolute atomic E-state index is 13.7. The van der Waals surface area contributed by atoms with Crippen LogP contribution in [0.2, 0.25) is 15.1 Å². The second kappa shape index (κ2) is 14.7. The fraction of sp³-hybridized carbons (Fsp3) is 0.310. The summed E-state index contributed by atoms with van der Waals surface area (Å²) in [4.78, 5) is 28.9. The number of rotatable bonds is 12. The van der Waals surface area contributed by atoms with E-state index in [2.05, 4.69) is 5.32 Å². The molecule has 3 rings (SSSR count). The number of benzene rings is 3. The summed E-state index contributed by atoms with van der Waals surface area (Å²) in [6, 6.07) is 21.9. The van der Waals surface area contributed by atoms with Gasteiger partial charge < -0.3 is 10.2 Å². The molecule has 1 N–H and O–H groups in total. The molecule has 37 heavy (non-hydrogen) atoms. The molecule has 0 aliphatic heterocycles. The van der Waals surface area contributed by atoms with Crippen LogP contribution in [0.4, 0.5) is 0 Å². The second-order valence-corrected chi connectivity index (χ2v) is 11.1. The molecule has 3 aromatic rings. The SMILES string of the molecule is CC[C@H](C)NC(=O)[C@@H](Cc1ccccc1)N(Cc1ccc(Cl)cc1)C(=O)CSCc1ccc(Cl)c(Cl)c1. The van der Waals surface area contributed by atoms with Crippen LogP contribution in [0.25, 0.3) is 0 Å². The van der Waals surface area contributed by atoms with E-state index in [9.17, 15) is 9.59 Å². The predicted octanol–water partition coefficient (Wildman–Crippen LogP) is 7.43. The average molecular weight is 578 g/mol. The monoisotopic (exact) mass is 576 g/mol. The second-order valence-electron chi connectivity index (χ2n) is 8.91. The number of amides is 2. The van der Waals surface area contributed by atoms with Crippen molar-refractivity contribution in [3.63, 3.8) is 0 Å². The van der Waals surface area contributed by atoms with E-state index < -0.39 is 6.04 Å². The van der Waals surface area contributed by atoms with E-state index in [1.54, 1.807) is 23.1 Å². The van der Waals surface area contributed by atoms with Crippen LogP contribution in [0.1, 0.15) is 37.0 Å². The molecule has 0 aliphatic rings. The third kappa shape index (κ3) is 9.26. The number of nitrogens with one attached hydrogen (secondary N) is 1. The van der Waals surface area contributed by atoms with E-state index in [-0.39, 0.29) is 23.6 Å².